The van der Waals surface area contributed by atoms with Crippen molar-refractivity contribution in [2.24, 2.45) is 0 Å². The molecule has 0 spiro atoms. The van der Waals surface area contributed by atoms with Crippen LogP contribution in [-0.4, -0.2) is 29.5 Å². The standard InChI is InChI=1S/C16H17BrN4OS/c1-21-9-7-13-14(10-21)23-16(19-13)20-15(22)18-8-6-11-2-4-12(17)5-3-11/h2-6,8H,7,9-10H2,1H3,(H2,18,19,20,22)/b8-6+. The topological polar surface area (TPSA) is 57.3 Å². The predicted molar refractivity (Wildman–Crippen MR) is 97.5 cm³/mol. The highest BCUT2D eigenvalue weighted by Crippen LogP contribution is 2.27. The molecular weight excluding hydrogens is 376 g/mol. The molecule has 7 heteroatoms. The molecule has 3 rings (SSSR count). The number of likely N-dealkylation sites (N-methyl/N-ethyl adjacent to an activating group) is 1. The van der Waals surface area contributed by atoms with Crippen LogP contribution in [0.2, 0.25) is 0 Å². The van der Waals surface area contributed by atoms with Crippen molar-refractivity contribution in [3.63, 3.8) is 0 Å². The Kier molecular flexibility index (Phi) is 5.09. The van der Waals surface area contributed by atoms with Crippen LogP contribution in [0.3, 0.4) is 0 Å². The third kappa shape index (κ3) is 4.40. The third-order valence-corrected chi connectivity index (χ3v) is 5.03. The van der Waals surface area contributed by atoms with Gasteiger partial charge in [0.25, 0.3) is 0 Å². The largest absolute Gasteiger partial charge is 0.325 e. The number of fused-ring (bicyclic) bond motifs is 1. The molecule has 2 N–H and O–H groups in total. The second-order valence-electron chi connectivity index (χ2n) is 5.36. The van der Waals surface area contributed by atoms with Crippen LogP contribution in [0.5, 0.6) is 0 Å². The monoisotopic (exact) mass is 392 g/mol. The van der Waals surface area contributed by atoms with Crippen molar-refractivity contribution in [3.05, 3.63) is 51.1 Å². The van der Waals surface area contributed by atoms with Crippen LogP contribution >= 0.6 is 27.3 Å². The number of hydrogen-bond donors (Lipinski definition) is 2. The van der Waals surface area contributed by atoms with Crippen LogP contribution < -0.4 is 10.6 Å². The van der Waals surface area contributed by atoms with Crippen molar-refractivity contribution in [1.82, 2.24) is 15.2 Å². The van der Waals surface area contributed by atoms with Gasteiger partial charge in [-0.15, -0.1) is 11.3 Å². The summed E-state index contributed by atoms with van der Waals surface area (Å²) in [4.78, 5) is 19.9. The van der Waals surface area contributed by atoms with Crippen molar-refractivity contribution in [2.45, 2.75) is 13.0 Å². The minimum Gasteiger partial charge on any atom is -0.314 e. The minimum atomic E-state index is -0.280. The Labute approximate surface area is 147 Å². The van der Waals surface area contributed by atoms with Crippen molar-refractivity contribution >= 4 is 44.5 Å². The zero-order valence-corrected chi connectivity index (χ0v) is 15.1. The van der Waals surface area contributed by atoms with Crippen LogP contribution in [0.4, 0.5) is 9.93 Å². The molecule has 1 aromatic heterocycles. The number of urea groups is 1. The van der Waals surface area contributed by atoms with Crippen molar-refractivity contribution in [1.29, 1.82) is 0 Å². The van der Waals surface area contributed by atoms with Gasteiger partial charge in [0, 0.05) is 35.1 Å². The molecule has 23 heavy (non-hydrogen) atoms. The maximum absolute atomic E-state index is 11.9. The van der Waals surface area contributed by atoms with E-state index >= 15 is 0 Å². The van der Waals surface area contributed by atoms with Gasteiger partial charge in [-0.05, 0) is 30.8 Å². The van der Waals surface area contributed by atoms with Crippen molar-refractivity contribution in [2.75, 3.05) is 18.9 Å². The number of halogens is 1. The second kappa shape index (κ2) is 7.25. The highest BCUT2D eigenvalue weighted by molar-refractivity contribution is 9.10. The molecule has 1 aromatic carbocycles. The SMILES string of the molecule is CN1CCc2nc(NC(=O)N/C=C/c3ccc(Br)cc3)sc2C1. The molecule has 2 amide bonds. The van der Waals surface area contributed by atoms with Gasteiger partial charge in [0.15, 0.2) is 5.13 Å². The van der Waals surface area contributed by atoms with E-state index in [2.05, 4.69) is 43.5 Å². The summed E-state index contributed by atoms with van der Waals surface area (Å²) in [5.74, 6) is 0. The molecule has 0 fully saturated rings. The van der Waals surface area contributed by atoms with Crippen LogP contribution in [0.1, 0.15) is 16.1 Å². The molecule has 0 saturated carbocycles. The van der Waals surface area contributed by atoms with E-state index in [1.54, 1.807) is 17.5 Å². The van der Waals surface area contributed by atoms with Gasteiger partial charge >= 0.3 is 6.03 Å². The number of benzene rings is 1. The van der Waals surface area contributed by atoms with Gasteiger partial charge in [0.05, 0.1) is 5.69 Å². The molecule has 120 valence electrons. The molecule has 0 radical (unpaired) electrons. The van der Waals surface area contributed by atoms with Gasteiger partial charge in [-0.1, -0.05) is 28.1 Å². The molecule has 2 aromatic rings. The zero-order chi connectivity index (χ0) is 16.2. The van der Waals surface area contributed by atoms with E-state index in [9.17, 15) is 4.79 Å². The van der Waals surface area contributed by atoms with Gasteiger partial charge in [-0.25, -0.2) is 9.78 Å². The average molecular weight is 393 g/mol. The summed E-state index contributed by atoms with van der Waals surface area (Å²) in [5, 5.41) is 6.14. The van der Waals surface area contributed by atoms with Gasteiger partial charge in [-0.3, -0.25) is 5.32 Å². The summed E-state index contributed by atoms with van der Waals surface area (Å²) < 4.78 is 1.03. The first kappa shape index (κ1) is 16.2. The van der Waals surface area contributed by atoms with E-state index in [1.165, 1.54) is 4.88 Å². The zero-order valence-electron chi connectivity index (χ0n) is 12.7. The van der Waals surface area contributed by atoms with Crippen LogP contribution in [0, 0.1) is 0 Å². The first-order chi connectivity index (χ1) is 11.1. The van der Waals surface area contributed by atoms with Crippen molar-refractivity contribution < 1.29 is 4.79 Å². The third-order valence-electron chi connectivity index (χ3n) is 3.50. The highest BCUT2D eigenvalue weighted by atomic mass is 79.9. The lowest BCUT2D eigenvalue weighted by Gasteiger charge is -2.20. The molecule has 0 saturated heterocycles. The Hall–Kier alpha value is -1.70. The van der Waals surface area contributed by atoms with Gasteiger partial charge in [-0.2, -0.15) is 0 Å². The number of nitrogens with zero attached hydrogens (tertiary/aromatic N) is 2. The predicted octanol–water partition coefficient (Wildman–Crippen LogP) is 3.69. The lowest BCUT2D eigenvalue weighted by molar-refractivity contribution is 0.255. The summed E-state index contributed by atoms with van der Waals surface area (Å²) in [5.41, 5.74) is 2.12. The number of thiazole rings is 1. The molecule has 0 bridgehead atoms. The molecule has 1 aliphatic heterocycles. The van der Waals surface area contributed by atoms with Crippen LogP contribution in [0.25, 0.3) is 6.08 Å². The fourth-order valence-electron chi connectivity index (χ4n) is 2.30. The van der Waals surface area contributed by atoms with Gasteiger partial charge < -0.3 is 10.2 Å². The Morgan fingerprint density at radius 2 is 2.17 bits per heavy atom. The molecule has 2 heterocycles. The number of amides is 2. The Bertz CT molecular complexity index is 726. The summed E-state index contributed by atoms with van der Waals surface area (Å²) in [6.07, 6.45) is 4.41. The van der Waals surface area contributed by atoms with E-state index in [0.717, 1.165) is 35.2 Å². The van der Waals surface area contributed by atoms with E-state index < -0.39 is 0 Å². The molecule has 0 unspecified atom stereocenters. The summed E-state index contributed by atoms with van der Waals surface area (Å²) in [7, 11) is 2.09. The molecule has 0 atom stereocenters. The number of rotatable bonds is 3. The normalized spacial score (nSPS) is 14.7. The molecular formula is C16H17BrN4OS. The van der Waals surface area contributed by atoms with Crippen molar-refractivity contribution in [3.8, 4) is 0 Å². The molecule has 1 aliphatic rings. The minimum absolute atomic E-state index is 0.280. The summed E-state index contributed by atoms with van der Waals surface area (Å²) >= 11 is 4.93. The number of carbonyl (C=O) groups is 1. The lowest BCUT2D eigenvalue weighted by Crippen LogP contribution is -2.25. The number of nitrogens with one attached hydrogen (secondary N) is 2. The number of aromatic nitrogens is 1. The quantitative estimate of drug-likeness (QED) is 0.837. The van der Waals surface area contributed by atoms with Gasteiger partial charge in [0.2, 0.25) is 0 Å². The first-order valence-corrected chi connectivity index (χ1v) is 8.88. The molecule has 0 aliphatic carbocycles. The van der Waals surface area contributed by atoms with E-state index in [4.69, 9.17) is 0 Å². The first-order valence-electron chi connectivity index (χ1n) is 7.27. The van der Waals surface area contributed by atoms with Gasteiger partial charge in [0.1, 0.15) is 0 Å². The second-order valence-corrected chi connectivity index (χ2v) is 7.36. The molecule has 5 nitrogen and oxygen atoms in total. The lowest BCUT2D eigenvalue weighted by atomic mass is 10.2. The Morgan fingerprint density at radius 1 is 1.39 bits per heavy atom. The highest BCUT2D eigenvalue weighted by Gasteiger charge is 2.18. The maximum atomic E-state index is 11.9. The van der Waals surface area contributed by atoms with E-state index in [-0.39, 0.29) is 6.03 Å². The number of anilines is 1. The van der Waals surface area contributed by atoms with E-state index in [1.807, 2.05) is 30.3 Å². The summed E-state index contributed by atoms with van der Waals surface area (Å²) in [6.45, 7) is 1.91. The Balaban J connectivity index is 1.54. The van der Waals surface area contributed by atoms with E-state index in [0.29, 0.717) is 5.13 Å². The average Bonchev–Trinajstić information content (AvgIpc) is 2.90. The Morgan fingerprint density at radius 3 is 2.96 bits per heavy atom. The van der Waals surface area contributed by atoms with Crippen LogP contribution in [0.15, 0.2) is 34.9 Å². The number of carbonyl (C=O) groups excluding carboxylic acids is 1. The fourth-order valence-corrected chi connectivity index (χ4v) is 3.65. The fraction of sp³-hybridized carbons (Fsp3) is 0.250. The summed E-state index contributed by atoms with van der Waals surface area (Å²) in [6, 6.07) is 7.56. The van der Waals surface area contributed by atoms with Crippen LogP contribution in [-0.2, 0) is 13.0 Å². The maximum Gasteiger partial charge on any atom is 0.325 e. The number of hydrogen-bond acceptors (Lipinski definition) is 4. The smallest absolute Gasteiger partial charge is 0.314 e.